The zero-order valence-corrected chi connectivity index (χ0v) is 16.4. The molecule has 2 aromatic rings. The molecular formula is C20H23BrO4. The van der Waals surface area contributed by atoms with Gasteiger partial charge in [-0.2, -0.15) is 0 Å². The maximum atomic E-state index is 11.4. The summed E-state index contributed by atoms with van der Waals surface area (Å²) >= 11 is 3.34. The van der Waals surface area contributed by atoms with Gasteiger partial charge in [0.2, 0.25) is 0 Å². The maximum Gasteiger partial charge on any atom is 0.326 e. The van der Waals surface area contributed by atoms with Crippen LogP contribution < -0.4 is 0 Å². The van der Waals surface area contributed by atoms with E-state index in [1.807, 2.05) is 67.6 Å². The minimum atomic E-state index is -0.747. The third-order valence-electron chi connectivity index (χ3n) is 3.74. The van der Waals surface area contributed by atoms with E-state index in [0.29, 0.717) is 0 Å². The summed E-state index contributed by atoms with van der Waals surface area (Å²) in [6, 6.07) is 19.0. The van der Waals surface area contributed by atoms with Crippen LogP contribution in [0.15, 0.2) is 60.7 Å². The number of esters is 2. The average molecular weight is 407 g/mol. The highest BCUT2D eigenvalue weighted by atomic mass is 79.9. The van der Waals surface area contributed by atoms with Crippen molar-refractivity contribution in [3.05, 3.63) is 71.8 Å². The average Bonchev–Trinajstić information content (AvgIpc) is 2.67. The number of hydrogen-bond donors (Lipinski definition) is 0. The highest BCUT2D eigenvalue weighted by Gasteiger charge is 2.32. The molecule has 0 amide bonds. The molecule has 0 fully saturated rings. The van der Waals surface area contributed by atoms with Gasteiger partial charge < -0.3 is 9.47 Å². The van der Waals surface area contributed by atoms with E-state index in [-0.39, 0.29) is 17.9 Å². The number of ether oxygens (including phenoxy) is 2. The van der Waals surface area contributed by atoms with Gasteiger partial charge in [0.05, 0.1) is 20.1 Å². The largest absolute Gasteiger partial charge is 0.469 e. The van der Waals surface area contributed by atoms with Crippen molar-refractivity contribution < 1.29 is 19.1 Å². The second-order valence-corrected chi connectivity index (χ2v) is 7.10. The second kappa shape index (κ2) is 9.99. The van der Waals surface area contributed by atoms with Crippen LogP contribution in [0.3, 0.4) is 0 Å². The molecule has 25 heavy (non-hydrogen) atoms. The quantitative estimate of drug-likeness (QED) is 0.556. The van der Waals surface area contributed by atoms with Crippen molar-refractivity contribution >= 4 is 27.9 Å². The molecule has 0 spiro atoms. The van der Waals surface area contributed by atoms with Gasteiger partial charge in [-0.25, -0.2) is 0 Å². The lowest BCUT2D eigenvalue weighted by atomic mass is 10.0. The molecule has 2 aromatic carbocycles. The second-order valence-electron chi connectivity index (χ2n) is 5.52. The molecule has 2 unspecified atom stereocenters. The highest BCUT2D eigenvalue weighted by molar-refractivity contribution is 9.10. The van der Waals surface area contributed by atoms with Gasteiger partial charge in [-0.15, -0.1) is 0 Å². The summed E-state index contributed by atoms with van der Waals surface area (Å²) in [7, 11) is 2.78. The highest BCUT2D eigenvalue weighted by Crippen LogP contribution is 2.31. The molecule has 2 rings (SSSR count). The topological polar surface area (TPSA) is 52.6 Å². The molecule has 4 nitrogen and oxygen atoms in total. The van der Waals surface area contributed by atoms with Gasteiger partial charge in [0, 0.05) is 0 Å². The van der Waals surface area contributed by atoms with E-state index in [1.165, 1.54) is 14.2 Å². The van der Waals surface area contributed by atoms with Crippen LogP contribution in [0.1, 0.15) is 30.9 Å². The first-order valence-corrected chi connectivity index (χ1v) is 8.59. The first kappa shape index (κ1) is 20.9. The number of halogens is 1. The van der Waals surface area contributed by atoms with Crippen molar-refractivity contribution in [1.29, 1.82) is 0 Å². The Morgan fingerprint density at radius 3 is 1.84 bits per heavy atom. The molecule has 0 saturated heterocycles. The normalized spacial score (nSPS) is 13.5. The Morgan fingerprint density at radius 2 is 1.40 bits per heavy atom. The summed E-state index contributed by atoms with van der Waals surface area (Å²) < 4.78 is 8.56. The van der Waals surface area contributed by atoms with Crippen LogP contribution in [0.4, 0.5) is 0 Å². The number of carbonyl (C=O) groups excluding carboxylic acids is 2. The van der Waals surface area contributed by atoms with Crippen LogP contribution in [-0.4, -0.2) is 26.2 Å². The first-order chi connectivity index (χ1) is 11.8. The third-order valence-corrected chi connectivity index (χ3v) is 4.52. The van der Waals surface area contributed by atoms with Crippen molar-refractivity contribution in [3.8, 4) is 0 Å². The van der Waals surface area contributed by atoms with Gasteiger partial charge >= 0.3 is 11.9 Å². The Kier molecular flexibility index (Phi) is 8.35. The molecule has 0 heterocycles. The monoisotopic (exact) mass is 406 g/mol. The van der Waals surface area contributed by atoms with Crippen molar-refractivity contribution in [3.63, 3.8) is 0 Å². The fourth-order valence-corrected chi connectivity index (χ4v) is 2.54. The van der Waals surface area contributed by atoms with Gasteiger partial charge in [0.1, 0.15) is 4.32 Å². The summed E-state index contributed by atoms with van der Waals surface area (Å²) in [5.41, 5.74) is 1.88. The number of carbonyl (C=O) groups is 2. The van der Waals surface area contributed by atoms with Crippen LogP contribution >= 0.6 is 15.9 Å². The standard InChI is InChI=1S/C10H11BrO2.C10H12O2/c1-10(11,9(12)13-2)8-6-4-3-5-7-8;1-8(10(11)12-2)9-6-4-3-5-7-9/h3-7H,1-2H3;3-8H,1-2H3. The van der Waals surface area contributed by atoms with Crippen molar-refractivity contribution in [2.45, 2.75) is 24.1 Å². The Labute approximate surface area is 157 Å². The Bertz CT molecular complexity index is 669. The smallest absolute Gasteiger partial charge is 0.326 e. The molecule has 0 aliphatic heterocycles. The molecule has 2 atom stereocenters. The number of benzene rings is 2. The SMILES string of the molecule is COC(=O)C(C)(Br)c1ccccc1.COC(=O)C(C)c1ccccc1. The summed E-state index contributed by atoms with van der Waals surface area (Å²) in [5, 5.41) is 0. The molecule has 0 N–H and O–H groups in total. The zero-order valence-electron chi connectivity index (χ0n) is 14.9. The zero-order chi connectivity index (χ0) is 18.9. The first-order valence-electron chi connectivity index (χ1n) is 7.80. The van der Waals surface area contributed by atoms with Crippen LogP contribution in [0.25, 0.3) is 0 Å². The van der Waals surface area contributed by atoms with Crippen molar-refractivity contribution in [1.82, 2.24) is 0 Å². The molecule has 0 saturated carbocycles. The Morgan fingerprint density at radius 1 is 0.920 bits per heavy atom. The van der Waals surface area contributed by atoms with E-state index in [4.69, 9.17) is 0 Å². The van der Waals surface area contributed by atoms with Crippen LogP contribution in [-0.2, 0) is 23.4 Å². The predicted octanol–water partition coefficient (Wildman–Crippen LogP) is 4.43. The van der Waals surface area contributed by atoms with Crippen LogP contribution in [0, 0.1) is 0 Å². The van der Waals surface area contributed by atoms with Crippen LogP contribution in [0.5, 0.6) is 0 Å². The lowest BCUT2D eigenvalue weighted by Crippen LogP contribution is -2.26. The lowest BCUT2D eigenvalue weighted by Gasteiger charge is -2.19. The molecule has 0 radical (unpaired) electrons. The van der Waals surface area contributed by atoms with Gasteiger partial charge in [-0.3, -0.25) is 9.59 Å². The molecule has 134 valence electrons. The fraction of sp³-hybridized carbons (Fsp3) is 0.300. The summed E-state index contributed by atoms with van der Waals surface area (Å²) in [6.45, 7) is 3.61. The van der Waals surface area contributed by atoms with E-state index >= 15 is 0 Å². The van der Waals surface area contributed by atoms with Crippen molar-refractivity contribution in [2.24, 2.45) is 0 Å². The van der Waals surface area contributed by atoms with E-state index in [0.717, 1.165) is 11.1 Å². The van der Waals surface area contributed by atoms with E-state index in [1.54, 1.807) is 6.92 Å². The lowest BCUT2D eigenvalue weighted by molar-refractivity contribution is -0.143. The van der Waals surface area contributed by atoms with Gasteiger partial charge in [0.15, 0.2) is 0 Å². The van der Waals surface area contributed by atoms with Crippen LogP contribution in [0.2, 0.25) is 0 Å². The molecule has 0 aliphatic carbocycles. The van der Waals surface area contributed by atoms with Crippen molar-refractivity contribution in [2.75, 3.05) is 14.2 Å². The minimum Gasteiger partial charge on any atom is -0.469 e. The van der Waals surface area contributed by atoms with Gasteiger partial charge in [-0.05, 0) is 25.0 Å². The maximum absolute atomic E-state index is 11.4. The van der Waals surface area contributed by atoms with Gasteiger partial charge in [0.25, 0.3) is 0 Å². The van der Waals surface area contributed by atoms with E-state index in [9.17, 15) is 9.59 Å². The Balaban J connectivity index is 0.000000251. The molecular weight excluding hydrogens is 384 g/mol. The fourth-order valence-electron chi connectivity index (χ4n) is 2.12. The van der Waals surface area contributed by atoms with E-state index < -0.39 is 4.32 Å². The molecule has 0 bridgehead atoms. The predicted molar refractivity (Wildman–Crippen MR) is 102 cm³/mol. The number of alkyl halides is 1. The summed E-state index contributed by atoms with van der Waals surface area (Å²) in [4.78, 5) is 22.5. The molecule has 0 aliphatic rings. The number of methoxy groups -OCH3 is 2. The number of rotatable bonds is 4. The summed E-state index contributed by atoms with van der Waals surface area (Å²) in [6.07, 6.45) is 0. The molecule has 5 heteroatoms. The Hall–Kier alpha value is -2.14. The number of hydrogen-bond acceptors (Lipinski definition) is 4. The summed E-state index contributed by atoms with van der Waals surface area (Å²) in [5.74, 6) is -0.656. The van der Waals surface area contributed by atoms with Gasteiger partial charge in [-0.1, -0.05) is 76.6 Å². The molecule has 0 aromatic heterocycles. The minimum absolute atomic E-state index is 0.170. The third kappa shape index (κ3) is 6.02. The van der Waals surface area contributed by atoms with E-state index in [2.05, 4.69) is 25.4 Å².